The molecule has 0 atom stereocenters. The monoisotopic (exact) mass is 271 g/mol. The van der Waals surface area contributed by atoms with Gasteiger partial charge in [-0.1, -0.05) is 0 Å². The zero-order valence-corrected chi connectivity index (χ0v) is 11.7. The summed E-state index contributed by atoms with van der Waals surface area (Å²) in [4.78, 5) is 16.5. The van der Waals surface area contributed by atoms with Gasteiger partial charge in [-0.05, 0) is 44.2 Å². The largest absolute Gasteiger partial charge is 0.495 e. The number of nitrogens with zero attached hydrogens (tertiary/aromatic N) is 1. The van der Waals surface area contributed by atoms with Crippen LogP contribution >= 0.6 is 0 Å². The normalized spacial score (nSPS) is 10.2. The van der Waals surface area contributed by atoms with Crippen LogP contribution in [0.25, 0.3) is 0 Å². The first-order valence-corrected chi connectivity index (χ1v) is 6.20. The number of pyridine rings is 1. The first-order chi connectivity index (χ1) is 9.51. The van der Waals surface area contributed by atoms with Gasteiger partial charge in [-0.3, -0.25) is 9.78 Å². The Morgan fingerprint density at radius 1 is 1.25 bits per heavy atom. The standard InChI is InChI=1S/C15H17N3O2/c1-9-4-6-12(10(2)17-9)15(19)18-11-5-7-14(20-3)13(16)8-11/h4-8H,16H2,1-3H3,(H,18,19). The van der Waals surface area contributed by atoms with Crippen LogP contribution in [0.5, 0.6) is 5.75 Å². The van der Waals surface area contributed by atoms with Crippen molar-refractivity contribution in [2.24, 2.45) is 0 Å². The second-order valence-corrected chi connectivity index (χ2v) is 4.50. The summed E-state index contributed by atoms with van der Waals surface area (Å²) in [5.74, 6) is 0.371. The summed E-state index contributed by atoms with van der Waals surface area (Å²) in [7, 11) is 1.55. The number of nitrogens with two attached hydrogens (primary N) is 1. The Bertz CT molecular complexity index is 654. The molecule has 0 saturated carbocycles. The summed E-state index contributed by atoms with van der Waals surface area (Å²) >= 11 is 0. The minimum absolute atomic E-state index is 0.209. The number of carbonyl (C=O) groups excluding carboxylic acids is 1. The van der Waals surface area contributed by atoms with Crippen LogP contribution in [0.1, 0.15) is 21.7 Å². The van der Waals surface area contributed by atoms with E-state index in [-0.39, 0.29) is 5.91 Å². The summed E-state index contributed by atoms with van der Waals surface area (Å²) < 4.78 is 5.07. The quantitative estimate of drug-likeness (QED) is 0.841. The van der Waals surface area contributed by atoms with Crippen molar-refractivity contribution in [1.29, 1.82) is 0 Å². The van der Waals surface area contributed by atoms with Crippen LogP contribution < -0.4 is 15.8 Å². The van der Waals surface area contributed by atoms with Gasteiger partial charge in [0.05, 0.1) is 24.1 Å². The van der Waals surface area contributed by atoms with E-state index < -0.39 is 0 Å². The highest BCUT2D eigenvalue weighted by Crippen LogP contribution is 2.25. The van der Waals surface area contributed by atoms with Crippen molar-refractivity contribution in [1.82, 2.24) is 4.98 Å². The molecule has 0 saturated heterocycles. The minimum atomic E-state index is -0.209. The van der Waals surface area contributed by atoms with Crippen LogP contribution in [0.4, 0.5) is 11.4 Å². The molecule has 1 aromatic heterocycles. The molecule has 104 valence electrons. The van der Waals surface area contributed by atoms with E-state index in [9.17, 15) is 4.79 Å². The molecular formula is C15H17N3O2. The molecule has 0 fully saturated rings. The Labute approximate surface area is 117 Å². The lowest BCUT2D eigenvalue weighted by molar-refractivity contribution is 0.102. The van der Waals surface area contributed by atoms with Crippen LogP contribution in [0, 0.1) is 13.8 Å². The lowest BCUT2D eigenvalue weighted by Crippen LogP contribution is -2.14. The number of rotatable bonds is 3. The number of ether oxygens (including phenoxy) is 1. The van der Waals surface area contributed by atoms with E-state index in [2.05, 4.69) is 10.3 Å². The fraction of sp³-hybridized carbons (Fsp3) is 0.200. The molecule has 20 heavy (non-hydrogen) atoms. The van der Waals surface area contributed by atoms with Crippen LogP contribution in [0.15, 0.2) is 30.3 Å². The van der Waals surface area contributed by atoms with Crippen molar-refractivity contribution >= 4 is 17.3 Å². The summed E-state index contributed by atoms with van der Waals surface area (Å²) in [5, 5.41) is 2.80. The number of nitrogens with one attached hydrogen (secondary N) is 1. The Kier molecular flexibility index (Phi) is 3.89. The fourth-order valence-corrected chi connectivity index (χ4v) is 1.94. The van der Waals surface area contributed by atoms with Crippen LogP contribution in [-0.4, -0.2) is 18.0 Å². The number of carbonyl (C=O) groups is 1. The molecule has 0 aliphatic heterocycles. The van der Waals surface area contributed by atoms with Gasteiger partial charge in [-0.15, -0.1) is 0 Å². The number of aryl methyl sites for hydroxylation is 2. The number of benzene rings is 1. The van der Waals surface area contributed by atoms with E-state index in [0.717, 1.165) is 5.69 Å². The SMILES string of the molecule is COc1ccc(NC(=O)c2ccc(C)nc2C)cc1N. The van der Waals surface area contributed by atoms with Gasteiger partial charge in [0.15, 0.2) is 0 Å². The highest BCUT2D eigenvalue weighted by atomic mass is 16.5. The van der Waals surface area contributed by atoms with E-state index >= 15 is 0 Å². The Morgan fingerprint density at radius 3 is 2.60 bits per heavy atom. The number of methoxy groups -OCH3 is 1. The Morgan fingerprint density at radius 2 is 2.00 bits per heavy atom. The molecule has 0 bridgehead atoms. The zero-order chi connectivity index (χ0) is 14.7. The van der Waals surface area contributed by atoms with E-state index in [1.165, 1.54) is 0 Å². The molecule has 1 amide bonds. The van der Waals surface area contributed by atoms with E-state index in [0.29, 0.717) is 28.4 Å². The molecule has 0 radical (unpaired) electrons. The van der Waals surface area contributed by atoms with Gasteiger partial charge in [0.2, 0.25) is 0 Å². The molecule has 2 rings (SSSR count). The fourth-order valence-electron chi connectivity index (χ4n) is 1.94. The van der Waals surface area contributed by atoms with Gasteiger partial charge in [0.1, 0.15) is 5.75 Å². The van der Waals surface area contributed by atoms with Crippen molar-refractivity contribution < 1.29 is 9.53 Å². The van der Waals surface area contributed by atoms with Crippen LogP contribution in [0.3, 0.4) is 0 Å². The summed E-state index contributed by atoms with van der Waals surface area (Å²) in [6, 6.07) is 8.69. The molecule has 2 aromatic rings. The van der Waals surface area contributed by atoms with Crippen LogP contribution in [-0.2, 0) is 0 Å². The van der Waals surface area contributed by atoms with Crippen molar-refractivity contribution in [3.63, 3.8) is 0 Å². The maximum atomic E-state index is 12.2. The first-order valence-electron chi connectivity index (χ1n) is 6.20. The van der Waals surface area contributed by atoms with Crippen molar-refractivity contribution in [2.45, 2.75) is 13.8 Å². The Hall–Kier alpha value is -2.56. The molecule has 5 heteroatoms. The number of aromatic nitrogens is 1. The van der Waals surface area contributed by atoms with E-state index in [1.807, 2.05) is 19.9 Å². The third kappa shape index (κ3) is 2.88. The highest BCUT2D eigenvalue weighted by Gasteiger charge is 2.11. The third-order valence-corrected chi connectivity index (χ3v) is 2.96. The smallest absolute Gasteiger partial charge is 0.257 e. The second-order valence-electron chi connectivity index (χ2n) is 4.50. The van der Waals surface area contributed by atoms with Crippen molar-refractivity contribution in [3.05, 3.63) is 47.3 Å². The first kappa shape index (κ1) is 13.9. The van der Waals surface area contributed by atoms with E-state index in [4.69, 9.17) is 10.5 Å². The Balaban J connectivity index is 2.21. The average Bonchev–Trinajstić information content (AvgIpc) is 2.38. The van der Waals surface area contributed by atoms with Gasteiger partial charge in [-0.2, -0.15) is 0 Å². The summed E-state index contributed by atoms with van der Waals surface area (Å²) in [5.41, 5.74) is 9.03. The van der Waals surface area contributed by atoms with Gasteiger partial charge in [0, 0.05) is 11.4 Å². The predicted octanol–water partition coefficient (Wildman–Crippen LogP) is 2.54. The molecule has 1 aromatic carbocycles. The van der Waals surface area contributed by atoms with Gasteiger partial charge in [0.25, 0.3) is 5.91 Å². The molecule has 0 aliphatic carbocycles. The number of hydrogen-bond donors (Lipinski definition) is 2. The maximum Gasteiger partial charge on any atom is 0.257 e. The summed E-state index contributed by atoms with van der Waals surface area (Å²) in [6.07, 6.45) is 0. The predicted molar refractivity (Wildman–Crippen MR) is 79.1 cm³/mol. The highest BCUT2D eigenvalue weighted by molar-refractivity contribution is 6.05. The number of anilines is 2. The summed E-state index contributed by atoms with van der Waals surface area (Å²) in [6.45, 7) is 3.70. The number of hydrogen-bond acceptors (Lipinski definition) is 4. The molecule has 0 aliphatic rings. The molecular weight excluding hydrogens is 254 g/mol. The van der Waals surface area contributed by atoms with Crippen molar-refractivity contribution in [2.75, 3.05) is 18.2 Å². The lowest BCUT2D eigenvalue weighted by Gasteiger charge is -2.10. The van der Waals surface area contributed by atoms with Gasteiger partial charge >= 0.3 is 0 Å². The number of nitrogen functional groups attached to an aromatic ring is 1. The lowest BCUT2D eigenvalue weighted by atomic mass is 10.1. The third-order valence-electron chi connectivity index (χ3n) is 2.96. The molecule has 3 N–H and O–H groups in total. The zero-order valence-electron chi connectivity index (χ0n) is 11.7. The van der Waals surface area contributed by atoms with Gasteiger partial charge < -0.3 is 15.8 Å². The van der Waals surface area contributed by atoms with Gasteiger partial charge in [-0.25, -0.2) is 0 Å². The molecule has 0 unspecified atom stereocenters. The second kappa shape index (κ2) is 5.61. The molecule has 5 nitrogen and oxygen atoms in total. The maximum absolute atomic E-state index is 12.2. The van der Waals surface area contributed by atoms with E-state index in [1.54, 1.807) is 31.4 Å². The minimum Gasteiger partial charge on any atom is -0.495 e. The molecule has 0 spiro atoms. The topological polar surface area (TPSA) is 77.2 Å². The average molecular weight is 271 g/mol. The van der Waals surface area contributed by atoms with Crippen LogP contribution in [0.2, 0.25) is 0 Å². The van der Waals surface area contributed by atoms with Crippen molar-refractivity contribution in [3.8, 4) is 5.75 Å². The number of amides is 1. The molecule has 1 heterocycles.